The van der Waals surface area contributed by atoms with Gasteiger partial charge in [-0.2, -0.15) is 0 Å². The summed E-state index contributed by atoms with van der Waals surface area (Å²) in [5.41, 5.74) is 0. The third-order valence-corrected chi connectivity index (χ3v) is 4.94. The second-order valence-electron chi connectivity index (χ2n) is 2.62. The van der Waals surface area contributed by atoms with Crippen LogP contribution < -0.4 is 0 Å². The molecule has 1 fully saturated rings. The van der Waals surface area contributed by atoms with Gasteiger partial charge < -0.3 is 10.2 Å². The Kier molecular flexibility index (Phi) is 2.77. The second kappa shape index (κ2) is 3.33. The van der Waals surface area contributed by atoms with E-state index in [1.165, 1.54) is 0 Å². The average molecular weight is 302 g/mol. The van der Waals surface area contributed by atoms with Crippen LogP contribution in [0.25, 0.3) is 0 Å². The molecular formula is C6H6Br2O4. The zero-order valence-corrected chi connectivity index (χ0v) is 8.95. The van der Waals surface area contributed by atoms with Crippen LogP contribution in [0.4, 0.5) is 0 Å². The first-order valence-electron chi connectivity index (χ1n) is 3.20. The predicted octanol–water partition coefficient (Wildman–Crippen LogP) is 0.929. The SMILES string of the molecule is O=C(O)[C@@H]1[C@H](Br)[C@H](Br)[C@H]1C(=O)O. The van der Waals surface area contributed by atoms with Crippen LogP contribution in [0.2, 0.25) is 0 Å². The van der Waals surface area contributed by atoms with Gasteiger partial charge in [-0.05, 0) is 0 Å². The fourth-order valence-electron chi connectivity index (χ4n) is 1.23. The minimum Gasteiger partial charge on any atom is -0.481 e. The molecule has 0 aromatic heterocycles. The highest BCUT2D eigenvalue weighted by Crippen LogP contribution is 2.45. The van der Waals surface area contributed by atoms with Gasteiger partial charge in [-0.1, -0.05) is 31.9 Å². The number of hydrogen-bond donors (Lipinski definition) is 2. The summed E-state index contributed by atoms with van der Waals surface area (Å²) >= 11 is 6.22. The van der Waals surface area contributed by atoms with Crippen molar-refractivity contribution in [1.29, 1.82) is 0 Å². The third kappa shape index (κ3) is 1.37. The van der Waals surface area contributed by atoms with Gasteiger partial charge in [-0.3, -0.25) is 9.59 Å². The van der Waals surface area contributed by atoms with Gasteiger partial charge in [0.25, 0.3) is 0 Å². The number of carbonyl (C=O) groups is 2. The summed E-state index contributed by atoms with van der Waals surface area (Å²) in [6.07, 6.45) is 0. The number of halogens is 2. The molecule has 1 aliphatic rings. The van der Waals surface area contributed by atoms with Gasteiger partial charge in [-0.15, -0.1) is 0 Å². The molecule has 0 unspecified atom stereocenters. The molecule has 0 amide bonds. The largest absolute Gasteiger partial charge is 0.481 e. The Labute approximate surface area is 85.2 Å². The number of alkyl halides is 2. The van der Waals surface area contributed by atoms with Crippen molar-refractivity contribution in [3.63, 3.8) is 0 Å². The van der Waals surface area contributed by atoms with E-state index in [0.717, 1.165) is 0 Å². The van der Waals surface area contributed by atoms with E-state index < -0.39 is 23.8 Å². The van der Waals surface area contributed by atoms with Crippen LogP contribution in [-0.2, 0) is 9.59 Å². The van der Waals surface area contributed by atoms with Gasteiger partial charge in [0.1, 0.15) is 0 Å². The van der Waals surface area contributed by atoms with Gasteiger partial charge in [0.2, 0.25) is 0 Å². The molecule has 0 heterocycles. The Balaban J connectivity index is 2.75. The highest BCUT2D eigenvalue weighted by molar-refractivity contribution is 9.12. The molecule has 0 bridgehead atoms. The first kappa shape index (κ1) is 9.98. The summed E-state index contributed by atoms with van der Waals surface area (Å²) in [4.78, 5) is 20.5. The van der Waals surface area contributed by atoms with Crippen LogP contribution in [0.3, 0.4) is 0 Å². The van der Waals surface area contributed by atoms with E-state index in [9.17, 15) is 9.59 Å². The van der Waals surface area contributed by atoms with Crippen molar-refractivity contribution in [2.75, 3.05) is 0 Å². The van der Waals surface area contributed by atoms with Crippen molar-refractivity contribution in [3.05, 3.63) is 0 Å². The molecule has 0 spiro atoms. The van der Waals surface area contributed by atoms with Gasteiger partial charge in [0.15, 0.2) is 0 Å². The highest BCUT2D eigenvalue weighted by atomic mass is 79.9. The molecule has 2 N–H and O–H groups in total. The molecule has 68 valence electrons. The smallest absolute Gasteiger partial charge is 0.308 e. The third-order valence-electron chi connectivity index (χ3n) is 1.95. The van der Waals surface area contributed by atoms with Crippen LogP contribution in [0.15, 0.2) is 0 Å². The van der Waals surface area contributed by atoms with Crippen molar-refractivity contribution in [2.45, 2.75) is 9.65 Å². The monoisotopic (exact) mass is 300 g/mol. The maximum absolute atomic E-state index is 10.5. The number of carboxylic acids is 2. The van der Waals surface area contributed by atoms with Crippen molar-refractivity contribution >= 4 is 43.8 Å². The fourth-order valence-corrected chi connectivity index (χ4v) is 2.99. The zero-order valence-electron chi connectivity index (χ0n) is 5.78. The molecular weight excluding hydrogens is 296 g/mol. The second-order valence-corrected chi connectivity index (χ2v) is 4.73. The van der Waals surface area contributed by atoms with Gasteiger partial charge in [0, 0.05) is 9.65 Å². The molecule has 0 radical (unpaired) electrons. The lowest BCUT2D eigenvalue weighted by molar-refractivity contribution is -0.158. The number of aliphatic carboxylic acids is 2. The average Bonchev–Trinajstić information content (AvgIpc) is 1.96. The van der Waals surface area contributed by atoms with Crippen molar-refractivity contribution in [3.8, 4) is 0 Å². The quantitative estimate of drug-likeness (QED) is 0.744. The molecule has 4 atom stereocenters. The van der Waals surface area contributed by atoms with E-state index >= 15 is 0 Å². The number of carboxylic acid groups (broad SMARTS) is 2. The summed E-state index contributed by atoms with van der Waals surface area (Å²) in [5.74, 6) is -3.79. The van der Waals surface area contributed by atoms with E-state index in [2.05, 4.69) is 31.9 Å². The van der Waals surface area contributed by atoms with Gasteiger partial charge in [0.05, 0.1) is 11.8 Å². The summed E-state index contributed by atoms with van der Waals surface area (Å²) in [7, 11) is 0. The summed E-state index contributed by atoms with van der Waals surface area (Å²) in [5, 5.41) is 17.3. The molecule has 0 aromatic carbocycles. The van der Waals surface area contributed by atoms with Crippen LogP contribution in [0.1, 0.15) is 0 Å². The predicted molar refractivity (Wildman–Crippen MR) is 47.7 cm³/mol. The Morgan fingerprint density at radius 1 is 0.917 bits per heavy atom. The molecule has 0 aliphatic heterocycles. The topological polar surface area (TPSA) is 74.6 Å². The van der Waals surface area contributed by atoms with E-state index in [1.807, 2.05) is 0 Å². The van der Waals surface area contributed by atoms with Crippen LogP contribution in [0, 0.1) is 11.8 Å². The maximum Gasteiger partial charge on any atom is 0.308 e. The standard InChI is InChI=1S/C6H6Br2O4/c7-3-1(5(9)10)2(4(3)8)6(11)12/h1-4H,(H,9,10)(H,11,12)/t1-,2-,3-,4+/m0/s1. The highest BCUT2D eigenvalue weighted by Gasteiger charge is 2.55. The van der Waals surface area contributed by atoms with Gasteiger partial charge in [-0.25, -0.2) is 0 Å². The molecule has 1 saturated carbocycles. The minimum absolute atomic E-state index is 0.295. The van der Waals surface area contributed by atoms with E-state index in [-0.39, 0.29) is 9.65 Å². The maximum atomic E-state index is 10.5. The summed E-state index contributed by atoms with van der Waals surface area (Å²) < 4.78 is 0. The zero-order chi connectivity index (χ0) is 9.46. The van der Waals surface area contributed by atoms with Crippen molar-refractivity contribution < 1.29 is 19.8 Å². The number of rotatable bonds is 2. The Morgan fingerprint density at radius 2 is 1.17 bits per heavy atom. The fraction of sp³-hybridized carbons (Fsp3) is 0.667. The minimum atomic E-state index is -1.07. The Bertz CT molecular complexity index is 206. The summed E-state index contributed by atoms with van der Waals surface area (Å²) in [6.45, 7) is 0. The Hall–Kier alpha value is -0.100. The molecule has 6 heteroatoms. The summed E-state index contributed by atoms with van der Waals surface area (Å²) in [6, 6.07) is 0. The van der Waals surface area contributed by atoms with E-state index in [1.54, 1.807) is 0 Å². The first-order valence-corrected chi connectivity index (χ1v) is 5.03. The van der Waals surface area contributed by atoms with Crippen LogP contribution in [-0.4, -0.2) is 31.8 Å². The van der Waals surface area contributed by atoms with Gasteiger partial charge >= 0.3 is 11.9 Å². The van der Waals surface area contributed by atoms with Crippen LogP contribution in [0.5, 0.6) is 0 Å². The van der Waals surface area contributed by atoms with E-state index in [4.69, 9.17) is 10.2 Å². The molecule has 12 heavy (non-hydrogen) atoms. The van der Waals surface area contributed by atoms with Crippen molar-refractivity contribution in [1.82, 2.24) is 0 Å². The molecule has 4 nitrogen and oxygen atoms in total. The van der Waals surface area contributed by atoms with Crippen LogP contribution >= 0.6 is 31.9 Å². The Morgan fingerprint density at radius 3 is 1.33 bits per heavy atom. The van der Waals surface area contributed by atoms with Crippen molar-refractivity contribution in [2.24, 2.45) is 11.8 Å². The molecule has 0 saturated heterocycles. The first-order chi connectivity index (χ1) is 5.46. The molecule has 1 aliphatic carbocycles. The molecule has 0 aromatic rings. The lowest BCUT2D eigenvalue weighted by atomic mass is 9.73. The lowest BCUT2D eigenvalue weighted by Crippen LogP contribution is -2.56. The normalized spacial score (nSPS) is 40.2. The van der Waals surface area contributed by atoms with E-state index in [0.29, 0.717) is 0 Å². The lowest BCUT2D eigenvalue weighted by Gasteiger charge is -2.41. The number of hydrogen-bond acceptors (Lipinski definition) is 2. The molecule has 1 rings (SSSR count).